The Hall–Kier alpha value is -1.55. The molecule has 1 aromatic carbocycles. The van der Waals surface area contributed by atoms with E-state index in [1.54, 1.807) is 0 Å². The molecular formula is C15H22N2O2. The van der Waals surface area contributed by atoms with Gasteiger partial charge in [-0.15, -0.1) is 0 Å². The van der Waals surface area contributed by atoms with Crippen LogP contribution in [-0.2, 0) is 4.79 Å². The normalized spacial score (nSPS) is 17.7. The highest BCUT2D eigenvalue weighted by Gasteiger charge is 2.26. The number of amides is 1. The second kappa shape index (κ2) is 5.61. The third-order valence-corrected chi connectivity index (χ3v) is 3.59. The van der Waals surface area contributed by atoms with Gasteiger partial charge in [0.05, 0.1) is 0 Å². The third-order valence-electron chi connectivity index (χ3n) is 3.59. The van der Waals surface area contributed by atoms with Crippen molar-refractivity contribution in [1.82, 2.24) is 5.32 Å². The lowest BCUT2D eigenvalue weighted by molar-refractivity contribution is -0.123. The van der Waals surface area contributed by atoms with Crippen LogP contribution in [0.5, 0.6) is 0 Å². The summed E-state index contributed by atoms with van der Waals surface area (Å²) in [7, 11) is 0. The van der Waals surface area contributed by atoms with Crippen molar-refractivity contribution in [1.29, 1.82) is 0 Å². The van der Waals surface area contributed by atoms with Crippen molar-refractivity contribution in [3.8, 4) is 0 Å². The van der Waals surface area contributed by atoms with Gasteiger partial charge in [-0.3, -0.25) is 4.79 Å². The lowest BCUT2D eigenvalue weighted by Gasteiger charge is -2.26. The molecule has 0 aromatic heterocycles. The van der Waals surface area contributed by atoms with E-state index in [1.807, 2.05) is 32.0 Å². The lowest BCUT2D eigenvalue weighted by atomic mass is 9.96. The maximum atomic E-state index is 12.1. The molecule has 0 saturated heterocycles. The van der Waals surface area contributed by atoms with Crippen molar-refractivity contribution >= 4 is 11.6 Å². The van der Waals surface area contributed by atoms with Gasteiger partial charge in [0.25, 0.3) is 0 Å². The van der Waals surface area contributed by atoms with E-state index in [0.29, 0.717) is 12.8 Å². The molecule has 3 N–H and O–H groups in total. The molecule has 2 rings (SSSR count). The van der Waals surface area contributed by atoms with Crippen molar-refractivity contribution in [2.24, 2.45) is 0 Å². The third kappa shape index (κ3) is 3.47. The van der Waals surface area contributed by atoms with E-state index in [-0.39, 0.29) is 24.0 Å². The van der Waals surface area contributed by atoms with Gasteiger partial charge < -0.3 is 15.7 Å². The van der Waals surface area contributed by atoms with Crippen molar-refractivity contribution < 1.29 is 9.90 Å². The minimum Gasteiger partial charge on any atom is -0.396 e. The number of carbonyl (C=O) groups is 1. The standard InChI is InChI=1S/C15H22N2O2/c1-15(2,7-8-18)17-14(19)9-11-10-16-13-6-4-3-5-12(11)13/h3-6,11,16,18H,7-10H2,1-2H3,(H,17,19). The molecule has 1 aliphatic rings. The Bertz CT molecular complexity index is 457. The summed E-state index contributed by atoms with van der Waals surface area (Å²) in [6.07, 6.45) is 1.05. The first-order chi connectivity index (χ1) is 9.02. The molecule has 1 aliphatic heterocycles. The monoisotopic (exact) mass is 262 g/mol. The molecule has 0 aliphatic carbocycles. The largest absolute Gasteiger partial charge is 0.396 e. The van der Waals surface area contributed by atoms with Crippen LogP contribution in [-0.4, -0.2) is 29.7 Å². The van der Waals surface area contributed by atoms with E-state index in [4.69, 9.17) is 5.11 Å². The second-order valence-electron chi connectivity index (χ2n) is 5.77. The van der Waals surface area contributed by atoms with Gasteiger partial charge in [-0.1, -0.05) is 18.2 Å². The van der Waals surface area contributed by atoms with Crippen molar-refractivity contribution in [2.75, 3.05) is 18.5 Å². The molecule has 1 heterocycles. The summed E-state index contributed by atoms with van der Waals surface area (Å²) >= 11 is 0. The number of para-hydroxylation sites is 1. The van der Waals surface area contributed by atoms with E-state index < -0.39 is 0 Å². The maximum Gasteiger partial charge on any atom is 0.221 e. The number of aliphatic hydroxyl groups excluding tert-OH is 1. The Labute approximate surface area is 114 Å². The van der Waals surface area contributed by atoms with Gasteiger partial charge in [0.2, 0.25) is 5.91 Å². The lowest BCUT2D eigenvalue weighted by Crippen LogP contribution is -2.44. The number of hydrogen-bond acceptors (Lipinski definition) is 3. The number of anilines is 1. The maximum absolute atomic E-state index is 12.1. The molecule has 1 aromatic rings. The SMILES string of the molecule is CC(C)(CCO)NC(=O)CC1CNc2ccccc21. The van der Waals surface area contributed by atoms with Crippen molar-refractivity contribution in [3.05, 3.63) is 29.8 Å². The van der Waals surface area contributed by atoms with Gasteiger partial charge in [0.15, 0.2) is 0 Å². The first-order valence-corrected chi connectivity index (χ1v) is 6.76. The minimum absolute atomic E-state index is 0.0435. The summed E-state index contributed by atoms with van der Waals surface area (Å²) < 4.78 is 0. The van der Waals surface area contributed by atoms with Gasteiger partial charge in [0.1, 0.15) is 0 Å². The van der Waals surface area contributed by atoms with Crippen molar-refractivity contribution in [3.63, 3.8) is 0 Å². The Morgan fingerprint density at radius 3 is 2.95 bits per heavy atom. The molecule has 1 atom stereocenters. The summed E-state index contributed by atoms with van der Waals surface area (Å²) in [6.45, 7) is 4.76. The fraction of sp³-hybridized carbons (Fsp3) is 0.533. The molecule has 4 nitrogen and oxygen atoms in total. The fourth-order valence-corrected chi connectivity index (χ4v) is 2.53. The number of hydrogen-bond donors (Lipinski definition) is 3. The topological polar surface area (TPSA) is 61.4 Å². The molecule has 0 bridgehead atoms. The highest BCUT2D eigenvalue weighted by molar-refractivity contribution is 5.78. The quantitative estimate of drug-likeness (QED) is 0.759. The molecule has 0 saturated carbocycles. The zero-order valence-electron chi connectivity index (χ0n) is 11.6. The Morgan fingerprint density at radius 2 is 2.21 bits per heavy atom. The molecule has 0 spiro atoms. The number of aliphatic hydroxyl groups is 1. The first kappa shape index (κ1) is 13.9. The molecule has 4 heteroatoms. The fourth-order valence-electron chi connectivity index (χ4n) is 2.53. The molecular weight excluding hydrogens is 240 g/mol. The number of benzene rings is 1. The zero-order chi connectivity index (χ0) is 13.9. The predicted octanol–water partition coefficient (Wildman–Crippen LogP) is 1.86. The molecule has 19 heavy (non-hydrogen) atoms. The highest BCUT2D eigenvalue weighted by Crippen LogP contribution is 2.33. The van der Waals surface area contributed by atoms with E-state index in [2.05, 4.69) is 16.7 Å². The Morgan fingerprint density at radius 1 is 1.47 bits per heavy atom. The van der Waals surface area contributed by atoms with Crippen LogP contribution < -0.4 is 10.6 Å². The van der Waals surface area contributed by atoms with Gasteiger partial charge in [0, 0.05) is 36.7 Å². The van der Waals surface area contributed by atoms with E-state index >= 15 is 0 Å². The Kier molecular flexibility index (Phi) is 4.10. The number of rotatable bonds is 5. The van der Waals surface area contributed by atoms with Crippen LogP contribution in [0.2, 0.25) is 0 Å². The predicted molar refractivity (Wildman–Crippen MR) is 76.2 cm³/mol. The van der Waals surface area contributed by atoms with Crippen LogP contribution in [0, 0.1) is 0 Å². The summed E-state index contributed by atoms with van der Waals surface area (Å²) in [5.41, 5.74) is 2.00. The zero-order valence-corrected chi connectivity index (χ0v) is 11.6. The van der Waals surface area contributed by atoms with Gasteiger partial charge >= 0.3 is 0 Å². The minimum atomic E-state index is -0.350. The molecule has 1 amide bonds. The highest BCUT2D eigenvalue weighted by atomic mass is 16.3. The average molecular weight is 262 g/mol. The van der Waals surface area contributed by atoms with E-state index in [0.717, 1.165) is 12.2 Å². The van der Waals surface area contributed by atoms with Crippen LogP contribution in [0.15, 0.2) is 24.3 Å². The van der Waals surface area contributed by atoms with E-state index in [9.17, 15) is 4.79 Å². The smallest absolute Gasteiger partial charge is 0.221 e. The summed E-state index contributed by atoms with van der Waals surface area (Å²) in [5.74, 6) is 0.281. The van der Waals surface area contributed by atoms with Gasteiger partial charge in [-0.2, -0.15) is 0 Å². The first-order valence-electron chi connectivity index (χ1n) is 6.76. The van der Waals surface area contributed by atoms with Gasteiger partial charge in [-0.05, 0) is 31.9 Å². The van der Waals surface area contributed by atoms with Crippen molar-refractivity contribution in [2.45, 2.75) is 38.1 Å². The molecule has 0 radical (unpaired) electrons. The van der Waals surface area contributed by atoms with Crippen LogP contribution in [0.25, 0.3) is 0 Å². The number of fused-ring (bicyclic) bond motifs is 1. The van der Waals surface area contributed by atoms with Crippen LogP contribution in [0.1, 0.15) is 38.2 Å². The molecule has 0 fully saturated rings. The van der Waals surface area contributed by atoms with Crippen LogP contribution >= 0.6 is 0 Å². The average Bonchev–Trinajstić information content (AvgIpc) is 2.72. The van der Waals surface area contributed by atoms with Crippen LogP contribution in [0.4, 0.5) is 5.69 Å². The molecule has 1 unspecified atom stereocenters. The summed E-state index contributed by atoms with van der Waals surface area (Å²) in [5, 5.41) is 15.3. The summed E-state index contributed by atoms with van der Waals surface area (Å²) in [4.78, 5) is 12.1. The Balaban J connectivity index is 1.94. The van der Waals surface area contributed by atoms with E-state index in [1.165, 1.54) is 5.56 Å². The molecule has 104 valence electrons. The second-order valence-corrected chi connectivity index (χ2v) is 5.77. The van der Waals surface area contributed by atoms with Gasteiger partial charge in [-0.25, -0.2) is 0 Å². The van der Waals surface area contributed by atoms with Crippen LogP contribution in [0.3, 0.4) is 0 Å². The number of nitrogens with one attached hydrogen (secondary N) is 2. The summed E-state index contributed by atoms with van der Waals surface area (Å²) in [6, 6.07) is 8.13. The number of carbonyl (C=O) groups excluding carboxylic acids is 1.